The molecule has 4 rings (SSSR count). The van der Waals surface area contributed by atoms with Crippen LogP contribution in [0.15, 0.2) is 48.8 Å². The minimum absolute atomic E-state index is 0.0655. The van der Waals surface area contributed by atoms with Crippen LogP contribution < -0.4 is 10.6 Å². The third kappa shape index (κ3) is 5.10. The molecule has 0 amide bonds. The lowest BCUT2D eigenvalue weighted by atomic mass is 9.96. The molecule has 1 aliphatic rings. The highest BCUT2D eigenvalue weighted by Crippen LogP contribution is 2.37. The Morgan fingerprint density at radius 2 is 1.68 bits per heavy atom. The molecule has 162 valence electrons. The van der Waals surface area contributed by atoms with Gasteiger partial charge in [0.15, 0.2) is 0 Å². The molecule has 1 aliphatic carbocycles. The van der Waals surface area contributed by atoms with Gasteiger partial charge in [0.05, 0.1) is 16.9 Å². The fourth-order valence-electron chi connectivity index (χ4n) is 3.69. The van der Waals surface area contributed by atoms with Gasteiger partial charge in [-0.25, -0.2) is 9.37 Å². The van der Waals surface area contributed by atoms with Crippen LogP contribution in [0, 0.1) is 5.82 Å². The smallest absolute Gasteiger partial charge is 0.351 e. The molecule has 0 atom stereocenters. The molecular weight excluding hydrogens is 410 g/mol. The number of nitrogens with zero attached hydrogens (tertiary/aromatic N) is 3. The van der Waals surface area contributed by atoms with Gasteiger partial charge in [-0.05, 0) is 37.1 Å². The summed E-state index contributed by atoms with van der Waals surface area (Å²) < 4.78 is 54.5. The number of nitrogens with one attached hydrogen (secondary N) is 2. The van der Waals surface area contributed by atoms with Gasteiger partial charge in [-0.15, -0.1) is 0 Å². The van der Waals surface area contributed by atoms with Gasteiger partial charge in [0, 0.05) is 30.1 Å². The second-order valence-corrected chi connectivity index (χ2v) is 7.46. The van der Waals surface area contributed by atoms with Gasteiger partial charge in [-0.3, -0.25) is 4.98 Å². The van der Waals surface area contributed by atoms with Gasteiger partial charge in [-0.2, -0.15) is 18.2 Å². The first-order chi connectivity index (χ1) is 14.9. The van der Waals surface area contributed by atoms with Crippen LogP contribution in [0.2, 0.25) is 0 Å². The summed E-state index contributed by atoms with van der Waals surface area (Å²) in [6, 6.07) is 7.99. The third-order valence-corrected chi connectivity index (χ3v) is 5.21. The largest absolute Gasteiger partial charge is 0.418 e. The van der Waals surface area contributed by atoms with Crippen molar-refractivity contribution in [2.45, 2.75) is 44.3 Å². The molecule has 2 heterocycles. The van der Waals surface area contributed by atoms with Crippen LogP contribution >= 0.6 is 0 Å². The second kappa shape index (κ2) is 8.87. The van der Waals surface area contributed by atoms with Gasteiger partial charge in [0.25, 0.3) is 0 Å². The topological polar surface area (TPSA) is 62.7 Å². The van der Waals surface area contributed by atoms with E-state index in [1.54, 1.807) is 24.5 Å². The number of pyridine rings is 1. The molecule has 2 aromatic heterocycles. The highest BCUT2D eigenvalue weighted by molar-refractivity contribution is 5.69. The standard InChI is InChI=1S/C22H21F4N5/c23-17-8-4-7-16(22(24,25)26)20(17)30-19-13-18(14-9-11-27-12-10-14)29-21(31-19)28-15-5-2-1-3-6-15/h4,7-13,15H,1-3,5-6H2,(H2,28,29,30,31). The lowest BCUT2D eigenvalue weighted by Crippen LogP contribution is -2.23. The number of hydrogen-bond acceptors (Lipinski definition) is 5. The summed E-state index contributed by atoms with van der Waals surface area (Å²) in [5.74, 6) is -0.662. The number of anilines is 3. The molecule has 0 aliphatic heterocycles. The zero-order valence-electron chi connectivity index (χ0n) is 16.6. The normalized spacial score (nSPS) is 15.0. The Bertz CT molecular complexity index is 1030. The van der Waals surface area contributed by atoms with E-state index in [9.17, 15) is 17.6 Å². The molecule has 1 saturated carbocycles. The number of benzene rings is 1. The predicted octanol–water partition coefficient (Wildman–Crippen LogP) is 6.18. The van der Waals surface area contributed by atoms with Crippen LogP contribution in [0.25, 0.3) is 11.3 Å². The summed E-state index contributed by atoms with van der Waals surface area (Å²) in [5, 5.41) is 5.82. The number of hydrogen-bond donors (Lipinski definition) is 2. The average Bonchev–Trinajstić information content (AvgIpc) is 2.75. The van der Waals surface area contributed by atoms with E-state index in [2.05, 4.69) is 25.6 Å². The highest BCUT2D eigenvalue weighted by atomic mass is 19.4. The Morgan fingerprint density at radius 1 is 0.935 bits per heavy atom. The van der Waals surface area contributed by atoms with Gasteiger partial charge < -0.3 is 10.6 Å². The number of rotatable bonds is 5. The minimum atomic E-state index is -4.71. The van der Waals surface area contributed by atoms with Crippen molar-refractivity contribution in [3.05, 3.63) is 60.2 Å². The van der Waals surface area contributed by atoms with Gasteiger partial charge >= 0.3 is 6.18 Å². The van der Waals surface area contributed by atoms with E-state index in [0.29, 0.717) is 5.69 Å². The summed E-state index contributed by atoms with van der Waals surface area (Å²) in [4.78, 5) is 12.8. The first-order valence-corrected chi connectivity index (χ1v) is 10.1. The van der Waals surface area contributed by atoms with Crippen molar-refractivity contribution in [1.29, 1.82) is 0 Å². The van der Waals surface area contributed by atoms with Crippen LogP contribution in [0.4, 0.5) is 35.0 Å². The number of aromatic nitrogens is 3. The Kier molecular flexibility index (Phi) is 6.01. The summed E-state index contributed by atoms with van der Waals surface area (Å²) in [6.07, 6.45) is 3.78. The second-order valence-electron chi connectivity index (χ2n) is 7.46. The van der Waals surface area contributed by atoms with Crippen molar-refractivity contribution in [2.24, 2.45) is 0 Å². The molecule has 0 spiro atoms. The Labute approximate surface area is 177 Å². The average molecular weight is 431 g/mol. The van der Waals surface area contributed by atoms with Crippen LogP contribution in [-0.4, -0.2) is 21.0 Å². The number of alkyl halides is 3. The van der Waals surface area contributed by atoms with E-state index >= 15 is 0 Å². The van der Waals surface area contributed by atoms with E-state index in [0.717, 1.165) is 49.4 Å². The predicted molar refractivity (Wildman–Crippen MR) is 110 cm³/mol. The minimum Gasteiger partial charge on any atom is -0.351 e. The van der Waals surface area contributed by atoms with E-state index in [1.165, 1.54) is 12.5 Å². The maximum Gasteiger partial charge on any atom is 0.418 e. The lowest BCUT2D eigenvalue weighted by molar-refractivity contribution is -0.137. The molecule has 0 bridgehead atoms. The molecule has 3 aromatic rings. The van der Waals surface area contributed by atoms with E-state index in [1.807, 2.05) is 0 Å². The van der Waals surface area contributed by atoms with Crippen molar-refractivity contribution < 1.29 is 17.6 Å². The van der Waals surface area contributed by atoms with Gasteiger partial charge in [0.2, 0.25) is 5.95 Å². The molecular formula is C22H21F4N5. The van der Waals surface area contributed by atoms with Gasteiger partial charge in [-0.1, -0.05) is 25.3 Å². The fourth-order valence-corrected chi connectivity index (χ4v) is 3.69. The molecule has 1 aromatic carbocycles. The summed E-state index contributed by atoms with van der Waals surface area (Å²) in [6.45, 7) is 0. The molecule has 31 heavy (non-hydrogen) atoms. The summed E-state index contributed by atoms with van der Waals surface area (Å²) >= 11 is 0. The van der Waals surface area contributed by atoms with E-state index < -0.39 is 23.2 Å². The molecule has 9 heteroatoms. The first kappa shape index (κ1) is 21.0. The maximum absolute atomic E-state index is 14.3. The molecule has 2 N–H and O–H groups in total. The quantitative estimate of drug-likeness (QED) is 0.472. The van der Waals surface area contributed by atoms with Crippen LogP contribution in [0.1, 0.15) is 37.7 Å². The number of para-hydroxylation sites is 1. The Morgan fingerprint density at radius 3 is 2.39 bits per heavy atom. The van der Waals surface area contributed by atoms with Crippen LogP contribution in [0.3, 0.4) is 0 Å². The molecule has 0 radical (unpaired) electrons. The zero-order valence-corrected chi connectivity index (χ0v) is 16.6. The van der Waals surface area contributed by atoms with Crippen molar-refractivity contribution in [3.63, 3.8) is 0 Å². The third-order valence-electron chi connectivity index (χ3n) is 5.21. The molecule has 0 saturated heterocycles. The van der Waals surface area contributed by atoms with E-state index in [-0.39, 0.29) is 17.8 Å². The van der Waals surface area contributed by atoms with Crippen LogP contribution in [-0.2, 0) is 6.18 Å². The monoisotopic (exact) mass is 431 g/mol. The number of halogens is 4. The lowest BCUT2D eigenvalue weighted by Gasteiger charge is -2.23. The maximum atomic E-state index is 14.3. The van der Waals surface area contributed by atoms with E-state index in [4.69, 9.17) is 0 Å². The van der Waals surface area contributed by atoms with Crippen molar-refractivity contribution in [3.8, 4) is 11.3 Å². The Hall–Kier alpha value is -3.23. The fraction of sp³-hybridized carbons (Fsp3) is 0.318. The zero-order chi connectivity index (χ0) is 21.8. The molecule has 0 unspecified atom stereocenters. The van der Waals surface area contributed by atoms with Crippen molar-refractivity contribution in [1.82, 2.24) is 15.0 Å². The molecule has 5 nitrogen and oxygen atoms in total. The Balaban J connectivity index is 1.73. The van der Waals surface area contributed by atoms with Crippen molar-refractivity contribution >= 4 is 17.5 Å². The van der Waals surface area contributed by atoms with Gasteiger partial charge in [0.1, 0.15) is 11.6 Å². The van der Waals surface area contributed by atoms with Crippen LogP contribution in [0.5, 0.6) is 0 Å². The summed E-state index contributed by atoms with van der Waals surface area (Å²) in [5.41, 5.74) is -0.559. The summed E-state index contributed by atoms with van der Waals surface area (Å²) in [7, 11) is 0. The SMILES string of the molecule is Fc1cccc(C(F)(F)F)c1Nc1cc(-c2ccncc2)nc(NC2CCCCC2)n1. The highest BCUT2D eigenvalue weighted by Gasteiger charge is 2.35. The molecule has 1 fully saturated rings. The van der Waals surface area contributed by atoms with Crippen molar-refractivity contribution in [2.75, 3.05) is 10.6 Å². The first-order valence-electron chi connectivity index (χ1n) is 10.1.